The van der Waals surface area contributed by atoms with Crippen molar-refractivity contribution in [3.63, 3.8) is 0 Å². The van der Waals surface area contributed by atoms with Gasteiger partial charge in [-0.2, -0.15) is 0 Å². The van der Waals surface area contributed by atoms with Gasteiger partial charge in [-0.05, 0) is 39.2 Å². The van der Waals surface area contributed by atoms with E-state index in [-0.39, 0.29) is 0 Å². The molecule has 4 nitrogen and oxygen atoms in total. The normalized spacial score (nSPS) is 21.2. The van der Waals surface area contributed by atoms with E-state index in [0.29, 0.717) is 6.04 Å². The lowest BCUT2D eigenvalue weighted by molar-refractivity contribution is 0.327. The van der Waals surface area contributed by atoms with Crippen molar-refractivity contribution in [2.24, 2.45) is 0 Å². The van der Waals surface area contributed by atoms with Crippen molar-refractivity contribution in [1.82, 2.24) is 10.2 Å². The van der Waals surface area contributed by atoms with Crippen molar-refractivity contribution >= 4 is 5.69 Å². The Morgan fingerprint density at radius 3 is 2.84 bits per heavy atom. The quantitative estimate of drug-likeness (QED) is 0.889. The van der Waals surface area contributed by atoms with E-state index in [1.165, 1.54) is 12.1 Å². The second-order valence-electron chi connectivity index (χ2n) is 5.19. The molecule has 4 heteroatoms. The molecule has 19 heavy (non-hydrogen) atoms. The summed E-state index contributed by atoms with van der Waals surface area (Å²) in [6, 6.07) is 8.80. The molecule has 1 aliphatic heterocycles. The van der Waals surface area contributed by atoms with Crippen LogP contribution in [-0.4, -0.2) is 58.3 Å². The first-order chi connectivity index (χ1) is 9.26. The van der Waals surface area contributed by atoms with Crippen molar-refractivity contribution in [3.8, 4) is 5.75 Å². The van der Waals surface area contributed by atoms with Gasteiger partial charge in [0.05, 0.1) is 18.8 Å². The van der Waals surface area contributed by atoms with Crippen LogP contribution in [0.2, 0.25) is 0 Å². The number of likely N-dealkylation sites (N-methyl/N-ethyl adjacent to an activating group) is 2. The summed E-state index contributed by atoms with van der Waals surface area (Å²) >= 11 is 0. The zero-order valence-corrected chi connectivity index (χ0v) is 12.2. The number of para-hydroxylation sites is 2. The minimum atomic E-state index is 0.480. The van der Waals surface area contributed by atoms with Gasteiger partial charge in [0.1, 0.15) is 5.75 Å². The molecular formula is C15H25N3O. The zero-order chi connectivity index (χ0) is 13.7. The van der Waals surface area contributed by atoms with Crippen LogP contribution in [-0.2, 0) is 0 Å². The molecule has 1 fully saturated rings. The molecule has 0 saturated carbocycles. The molecule has 0 radical (unpaired) electrons. The maximum Gasteiger partial charge on any atom is 0.142 e. The van der Waals surface area contributed by atoms with Crippen LogP contribution in [0.5, 0.6) is 5.75 Å². The number of methoxy groups -OCH3 is 1. The van der Waals surface area contributed by atoms with Crippen molar-refractivity contribution in [2.75, 3.05) is 52.3 Å². The molecular weight excluding hydrogens is 238 g/mol. The maximum atomic E-state index is 5.52. The number of nitrogens with zero attached hydrogens (tertiary/aromatic N) is 2. The molecule has 0 aliphatic carbocycles. The van der Waals surface area contributed by atoms with Crippen LogP contribution in [0.3, 0.4) is 0 Å². The fraction of sp³-hybridized carbons (Fsp3) is 0.600. The van der Waals surface area contributed by atoms with Crippen molar-refractivity contribution in [2.45, 2.75) is 12.5 Å². The smallest absolute Gasteiger partial charge is 0.142 e. The summed E-state index contributed by atoms with van der Waals surface area (Å²) in [6.45, 7) is 4.31. The Bertz CT molecular complexity index is 397. The number of ether oxygens (including phenoxy) is 1. The van der Waals surface area contributed by atoms with E-state index in [1.54, 1.807) is 7.11 Å². The summed E-state index contributed by atoms with van der Waals surface area (Å²) in [5.74, 6) is 0.966. The van der Waals surface area contributed by atoms with E-state index in [0.717, 1.165) is 31.9 Å². The van der Waals surface area contributed by atoms with E-state index in [9.17, 15) is 0 Å². The van der Waals surface area contributed by atoms with Gasteiger partial charge in [-0.3, -0.25) is 0 Å². The predicted molar refractivity (Wildman–Crippen MR) is 80.2 cm³/mol. The Morgan fingerprint density at radius 2 is 2.11 bits per heavy atom. The number of benzene rings is 1. The van der Waals surface area contributed by atoms with E-state index in [4.69, 9.17) is 4.74 Å². The molecule has 1 aliphatic rings. The van der Waals surface area contributed by atoms with E-state index in [2.05, 4.69) is 34.3 Å². The number of hydrogen-bond acceptors (Lipinski definition) is 4. The van der Waals surface area contributed by atoms with Gasteiger partial charge >= 0.3 is 0 Å². The maximum absolute atomic E-state index is 5.52. The van der Waals surface area contributed by atoms with Gasteiger partial charge in [0, 0.05) is 19.6 Å². The first-order valence-corrected chi connectivity index (χ1v) is 6.99. The first kappa shape index (κ1) is 14.2. The van der Waals surface area contributed by atoms with Gasteiger partial charge in [-0.1, -0.05) is 12.1 Å². The molecule has 0 amide bonds. The number of rotatable bonds is 4. The third kappa shape index (κ3) is 3.39. The lowest BCUT2D eigenvalue weighted by Gasteiger charge is -2.33. The van der Waals surface area contributed by atoms with Crippen molar-refractivity contribution < 1.29 is 4.74 Å². The number of hydrogen-bond donors (Lipinski definition) is 1. The summed E-state index contributed by atoms with van der Waals surface area (Å²) in [5.41, 5.74) is 1.21. The molecule has 1 atom stereocenters. The Hall–Kier alpha value is -1.26. The molecule has 0 bridgehead atoms. The van der Waals surface area contributed by atoms with Gasteiger partial charge in [-0.25, -0.2) is 0 Å². The van der Waals surface area contributed by atoms with Gasteiger partial charge in [0.15, 0.2) is 0 Å². The van der Waals surface area contributed by atoms with Gasteiger partial charge in [-0.15, -0.1) is 0 Å². The second kappa shape index (κ2) is 6.78. The Labute approximate surface area is 116 Å². The fourth-order valence-corrected chi connectivity index (χ4v) is 2.84. The van der Waals surface area contributed by atoms with E-state index in [1.807, 2.05) is 19.2 Å². The minimum absolute atomic E-state index is 0.480. The number of anilines is 1. The van der Waals surface area contributed by atoms with E-state index >= 15 is 0 Å². The Balaban J connectivity index is 2.27. The van der Waals surface area contributed by atoms with Gasteiger partial charge in [0.25, 0.3) is 0 Å². The lowest BCUT2D eigenvalue weighted by Crippen LogP contribution is -2.46. The molecule has 1 heterocycles. The van der Waals surface area contributed by atoms with Crippen LogP contribution >= 0.6 is 0 Å². The summed E-state index contributed by atoms with van der Waals surface area (Å²) < 4.78 is 5.52. The second-order valence-corrected chi connectivity index (χ2v) is 5.19. The van der Waals surface area contributed by atoms with Crippen LogP contribution in [0.25, 0.3) is 0 Å². The highest BCUT2D eigenvalue weighted by molar-refractivity contribution is 5.59. The molecule has 1 unspecified atom stereocenters. The fourth-order valence-electron chi connectivity index (χ4n) is 2.84. The molecule has 1 saturated heterocycles. The summed E-state index contributed by atoms with van der Waals surface area (Å²) in [7, 11) is 5.97. The monoisotopic (exact) mass is 263 g/mol. The van der Waals surface area contributed by atoms with Crippen LogP contribution in [0.1, 0.15) is 6.42 Å². The highest BCUT2D eigenvalue weighted by Crippen LogP contribution is 2.30. The van der Waals surface area contributed by atoms with Crippen LogP contribution in [0.4, 0.5) is 5.69 Å². The van der Waals surface area contributed by atoms with Crippen LogP contribution in [0, 0.1) is 0 Å². The molecule has 1 aromatic carbocycles. The van der Waals surface area contributed by atoms with Crippen LogP contribution < -0.4 is 15.0 Å². The lowest BCUT2D eigenvalue weighted by atomic mass is 10.2. The van der Waals surface area contributed by atoms with Gasteiger partial charge in [0.2, 0.25) is 0 Å². The zero-order valence-electron chi connectivity index (χ0n) is 12.2. The number of nitrogens with one attached hydrogen (secondary N) is 1. The minimum Gasteiger partial charge on any atom is -0.495 e. The van der Waals surface area contributed by atoms with Crippen LogP contribution in [0.15, 0.2) is 24.3 Å². The molecule has 0 spiro atoms. The van der Waals surface area contributed by atoms with Gasteiger partial charge < -0.3 is 19.9 Å². The standard InChI is InChI=1S/C15H25N3O/c1-16-11-13-12-17(2)9-6-10-18(13)14-7-4-5-8-15(14)19-3/h4-5,7-8,13,16H,6,9-12H2,1-3H3. The van der Waals surface area contributed by atoms with Crippen molar-refractivity contribution in [3.05, 3.63) is 24.3 Å². The largest absolute Gasteiger partial charge is 0.495 e. The predicted octanol–water partition coefficient (Wildman–Crippen LogP) is 1.43. The summed E-state index contributed by atoms with van der Waals surface area (Å²) in [4.78, 5) is 4.90. The summed E-state index contributed by atoms with van der Waals surface area (Å²) in [5, 5.41) is 3.31. The molecule has 106 valence electrons. The highest BCUT2D eigenvalue weighted by atomic mass is 16.5. The SMILES string of the molecule is CNCC1CN(C)CCCN1c1ccccc1OC. The third-order valence-electron chi connectivity index (χ3n) is 3.74. The summed E-state index contributed by atoms with van der Waals surface area (Å²) in [6.07, 6.45) is 1.19. The average molecular weight is 263 g/mol. The molecule has 0 aromatic heterocycles. The topological polar surface area (TPSA) is 27.7 Å². The first-order valence-electron chi connectivity index (χ1n) is 6.99. The van der Waals surface area contributed by atoms with E-state index < -0.39 is 0 Å². The molecule has 1 N–H and O–H groups in total. The average Bonchev–Trinajstić information content (AvgIpc) is 2.60. The Morgan fingerprint density at radius 1 is 1.32 bits per heavy atom. The molecule has 2 rings (SSSR count). The van der Waals surface area contributed by atoms with Crippen molar-refractivity contribution in [1.29, 1.82) is 0 Å². The third-order valence-corrected chi connectivity index (χ3v) is 3.74. The highest BCUT2D eigenvalue weighted by Gasteiger charge is 2.24. The molecule has 1 aromatic rings. The Kier molecular flexibility index (Phi) is 5.05.